The summed E-state index contributed by atoms with van der Waals surface area (Å²) in [5.41, 5.74) is -6.37. The lowest BCUT2D eigenvalue weighted by atomic mass is 10.1. The maximum absolute atomic E-state index is 13.2. The van der Waals surface area contributed by atoms with E-state index in [0.29, 0.717) is 0 Å². The second-order valence-corrected chi connectivity index (χ2v) is 8.33. The van der Waals surface area contributed by atoms with Crippen LogP contribution in [-0.4, -0.2) is 31.2 Å². The molecule has 0 unspecified atom stereocenters. The highest BCUT2D eigenvalue weighted by Crippen LogP contribution is 2.33. The lowest BCUT2D eigenvalue weighted by molar-refractivity contribution is -0.0438. The van der Waals surface area contributed by atoms with Crippen molar-refractivity contribution in [3.05, 3.63) is 52.3 Å². The fourth-order valence-electron chi connectivity index (χ4n) is 2.36. The van der Waals surface area contributed by atoms with E-state index in [9.17, 15) is 31.2 Å². The molecule has 0 saturated carbocycles. The standard InChI is InChI=1S/C17H19F3N2O6S/c1-11(2)10-27-16(24)22(29(25,26)17(18,19)20)14-7-5-4-6-13(14)9-21-8-12(3)28-15(21)23/h4-8,11H,9-10H2,1-3H3. The van der Waals surface area contributed by atoms with Gasteiger partial charge in [-0.1, -0.05) is 32.0 Å². The first-order valence-corrected chi connectivity index (χ1v) is 9.81. The predicted octanol–water partition coefficient (Wildman–Crippen LogP) is 3.25. The smallest absolute Gasteiger partial charge is 0.448 e. The quantitative estimate of drug-likeness (QED) is 0.689. The number of oxazole rings is 1. The molecule has 0 N–H and O–H groups in total. The topological polar surface area (TPSA) is 98.8 Å². The Labute approximate surface area is 164 Å². The Bertz CT molecular complexity index is 1040. The van der Waals surface area contributed by atoms with Crippen molar-refractivity contribution in [2.45, 2.75) is 32.8 Å². The van der Waals surface area contributed by atoms with Gasteiger partial charge in [0, 0.05) is 6.20 Å². The van der Waals surface area contributed by atoms with Crippen LogP contribution in [0.15, 0.2) is 39.7 Å². The Hall–Kier alpha value is -2.76. The van der Waals surface area contributed by atoms with Gasteiger partial charge < -0.3 is 9.15 Å². The first-order chi connectivity index (χ1) is 13.3. The summed E-state index contributed by atoms with van der Waals surface area (Å²) in [5, 5.41) is 0. The van der Waals surface area contributed by atoms with E-state index in [-0.39, 0.29) is 30.4 Å². The van der Waals surface area contributed by atoms with E-state index in [1.54, 1.807) is 13.8 Å². The van der Waals surface area contributed by atoms with E-state index in [1.807, 2.05) is 0 Å². The van der Waals surface area contributed by atoms with Gasteiger partial charge >= 0.3 is 27.4 Å². The number of benzene rings is 1. The number of alkyl halides is 3. The second-order valence-electron chi connectivity index (χ2n) is 6.55. The number of anilines is 1. The highest BCUT2D eigenvalue weighted by atomic mass is 32.2. The number of ether oxygens (including phenoxy) is 1. The molecular weight excluding hydrogens is 417 g/mol. The molecule has 2 aromatic rings. The van der Waals surface area contributed by atoms with Gasteiger partial charge in [-0.3, -0.25) is 4.57 Å². The number of aryl methyl sites for hydroxylation is 1. The van der Waals surface area contributed by atoms with Crippen molar-refractivity contribution in [2.24, 2.45) is 5.92 Å². The third-order valence-electron chi connectivity index (χ3n) is 3.61. The van der Waals surface area contributed by atoms with E-state index >= 15 is 0 Å². The lowest BCUT2D eigenvalue weighted by Gasteiger charge is -2.25. The van der Waals surface area contributed by atoms with Crippen LogP contribution >= 0.6 is 0 Å². The summed E-state index contributed by atoms with van der Waals surface area (Å²) in [6.45, 7) is 4.15. The molecule has 29 heavy (non-hydrogen) atoms. The van der Waals surface area contributed by atoms with Crippen LogP contribution in [0.1, 0.15) is 25.2 Å². The van der Waals surface area contributed by atoms with Gasteiger partial charge in [0.05, 0.1) is 18.8 Å². The molecule has 160 valence electrons. The first kappa shape index (κ1) is 22.5. The number of hydrogen-bond acceptors (Lipinski definition) is 6. The number of sulfonamides is 1. The van der Waals surface area contributed by atoms with Crippen molar-refractivity contribution in [1.82, 2.24) is 4.57 Å². The zero-order valence-electron chi connectivity index (χ0n) is 15.8. The average molecular weight is 436 g/mol. The summed E-state index contributed by atoms with van der Waals surface area (Å²) in [4.78, 5) is 24.1. The molecule has 0 atom stereocenters. The summed E-state index contributed by atoms with van der Waals surface area (Å²) in [5.74, 6) is -0.773. The second kappa shape index (κ2) is 8.31. The van der Waals surface area contributed by atoms with Crippen molar-refractivity contribution in [2.75, 3.05) is 10.9 Å². The monoisotopic (exact) mass is 436 g/mol. The molecule has 8 nitrogen and oxygen atoms in total. The highest BCUT2D eigenvalue weighted by Gasteiger charge is 2.53. The fraction of sp³-hybridized carbons (Fsp3) is 0.412. The van der Waals surface area contributed by atoms with E-state index < -0.39 is 37.4 Å². The minimum atomic E-state index is -6.11. The summed E-state index contributed by atoms with van der Waals surface area (Å²) in [6, 6.07) is 5.00. The molecule has 2 rings (SSSR count). The van der Waals surface area contributed by atoms with E-state index in [2.05, 4.69) is 0 Å². The van der Waals surface area contributed by atoms with Gasteiger partial charge in [0.25, 0.3) is 0 Å². The number of rotatable bonds is 6. The highest BCUT2D eigenvalue weighted by molar-refractivity contribution is 7.94. The number of carbonyl (C=O) groups excluding carboxylic acids is 1. The minimum absolute atomic E-state index is 0.0373. The van der Waals surface area contributed by atoms with Gasteiger partial charge in [0.1, 0.15) is 5.76 Å². The zero-order chi connectivity index (χ0) is 22.0. The summed E-state index contributed by atoms with van der Waals surface area (Å²) >= 11 is 0. The average Bonchev–Trinajstić information content (AvgIpc) is 2.90. The largest absolute Gasteiger partial charge is 0.517 e. The van der Waals surface area contributed by atoms with Crippen molar-refractivity contribution in [3.8, 4) is 0 Å². The van der Waals surface area contributed by atoms with Gasteiger partial charge in [-0.15, -0.1) is 0 Å². The van der Waals surface area contributed by atoms with Crippen LogP contribution in [0.5, 0.6) is 0 Å². The Kier molecular flexibility index (Phi) is 6.46. The first-order valence-electron chi connectivity index (χ1n) is 8.37. The van der Waals surface area contributed by atoms with Crippen LogP contribution in [0, 0.1) is 12.8 Å². The Morgan fingerprint density at radius 2 is 1.90 bits per heavy atom. The van der Waals surface area contributed by atoms with Crippen molar-refractivity contribution >= 4 is 21.8 Å². The van der Waals surface area contributed by atoms with Gasteiger partial charge in [-0.25, -0.2) is 9.59 Å². The maximum atomic E-state index is 13.2. The SMILES string of the molecule is Cc1cn(Cc2ccccc2N(C(=O)OCC(C)C)S(=O)(=O)C(F)(F)F)c(=O)o1. The number of nitrogens with zero attached hydrogens (tertiary/aromatic N) is 2. The zero-order valence-corrected chi connectivity index (χ0v) is 16.6. The number of aromatic nitrogens is 1. The maximum Gasteiger partial charge on any atom is 0.517 e. The molecule has 1 heterocycles. The summed E-state index contributed by atoms with van der Waals surface area (Å²) < 4.78 is 74.2. The normalized spacial score (nSPS) is 12.2. The van der Waals surface area contributed by atoms with Crippen LogP contribution < -0.4 is 10.1 Å². The van der Waals surface area contributed by atoms with Gasteiger partial charge in [-0.05, 0) is 24.5 Å². The van der Waals surface area contributed by atoms with E-state index in [0.717, 1.165) is 10.6 Å². The Morgan fingerprint density at radius 1 is 1.28 bits per heavy atom. The van der Waals surface area contributed by atoms with Crippen LogP contribution in [0.3, 0.4) is 0 Å². The summed E-state index contributed by atoms with van der Waals surface area (Å²) in [7, 11) is -6.11. The molecule has 1 amide bonds. The van der Waals surface area contributed by atoms with Crippen LogP contribution in [0.4, 0.5) is 23.7 Å². The number of hydrogen-bond donors (Lipinski definition) is 0. The fourth-order valence-corrected chi connectivity index (χ4v) is 3.25. The van der Waals surface area contributed by atoms with Gasteiger partial charge in [-0.2, -0.15) is 25.9 Å². The van der Waals surface area contributed by atoms with Crippen molar-refractivity contribution < 1.29 is 35.5 Å². The molecule has 0 saturated heterocycles. The Morgan fingerprint density at radius 3 is 2.41 bits per heavy atom. The van der Waals surface area contributed by atoms with Crippen LogP contribution in [0.2, 0.25) is 0 Å². The molecule has 0 radical (unpaired) electrons. The van der Waals surface area contributed by atoms with E-state index in [1.165, 1.54) is 31.3 Å². The molecule has 0 bridgehead atoms. The third kappa shape index (κ3) is 5.00. The molecule has 0 spiro atoms. The molecule has 1 aromatic carbocycles. The lowest BCUT2D eigenvalue weighted by Crippen LogP contribution is -2.45. The van der Waals surface area contributed by atoms with Crippen molar-refractivity contribution in [3.63, 3.8) is 0 Å². The molecule has 0 fully saturated rings. The van der Waals surface area contributed by atoms with Crippen molar-refractivity contribution in [1.29, 1.82) is 0 Å². The minimum Gasteiger partial charge on any atom is -0.448 e. The summed E-state index contributed by atoms with van der Waals surface area (Å²) in [6.07, 6.45) is -0.391. The number of para-hydroxylation sites is 1. The molecule has 0 aliphatic carbocycles. The molecular formula is C17H19F3N2O6S. The number of carbonyl (C=O) groups is 1. The molecule has 1 aromatic heterocycles. The molecule has 12 heteroatoms. The van der Waals surface area contributed by atoms with Crippen LogP contribution in [-0.2, 0) is 21.3 Å². The van der Waals surface area contributed by atoms with E-state index in [4.69, 9.17) is 9.15 Å². The van der Waals surface area contributed by atoms with Gasteiger partial charge in [0.2, 0.25) is 0 Å². The number of amides is 1. The number of halogens is 3. The predicted molar refractivity (Wildman–Crippen MR) is 96.9 cm³/mol. The van der Waals surface area contributed by atoms with Crippen LogP contribution in [0.25, 0.3) is 0 Å². The Balaban J connectivity index is 2.58. The van der Waals surface area contributed by atoms with Gasteiger partial charge in [0.15, 0.2) is 0 Å². The third-order valence-corrected chi connectivity index (χ3v) is 5.02. The molecule has 0 aliphatic rings. The molecule has 0 aliphatic heterocycles.